The van der Waals surface area contributed by atoms with Crippen LogP contribution in [0.3, 0.4) is 0 Å². The molecule has 0 unspecified atom stereocenters. The molecule has 0 aliphatic rings. The van der Waals surface area contributed by atoms with Crippen LogP contribution in [0.1, 0.15) is 5.56 Å². The Balaban J connectivity index is 1.91. The lowest BCUT2D eigenvalue weighted by atomic mass is 10.2. The third-order valence-electron chi connectivity index (χ3n) is 3.34. The van der Waals surface area contributed by atoms with Crippen molar-refractivity contribution in [2.24, 2.45) is 12.0 Å². The molecule has 1 aromatic heterocycles. The summed E-state index contributed by atoms with van der Waals surface area (Å²) in [6.07, 6.45) is 0. The van der Waals surface area contributed by atoms with Gasteiger partial charge in [-0.25, -0.2) is 0 Å². The number of aromatic nitrogens is 1. The third-order valence-corrected chi connectivity index (χ3v) is 5.05. The van der Waals surface area contributed by atoms with E-state index in [9.17, 15) is 0 Å². The number of aryl methyl sites for hydroxylation is 2. The second-order valence-corrected chi connectivity index (χ2v) is 6.72. The summed E-state index contributed by atoms with van der Waals surface area (Å²) in [5, 5.41) is 4.23. The molecular formula is C16H14ClN3S2. The number of benzene rings is 2. The molecule has 0 bridgehead atoms. The van der Waals surface area contributed by atoms with Gasteiger partial charge in [-0.1, -0.05) is 41.1 Å². The van der Waals surface area contributed by atoms with Crippen LogP contribution in [0.15, 0.2) is 47.5 Å². The molecule has 0 saturated carbocycles. The van der Waals surface area contributed by atoms with Gasteiger partial charge in [0.2, 0.25) is 0 Å². The van der Waals surface area contributed by atoms with Crippen molar-refractivity contribution in [3.8, 4) is 0 Å². The SMILES string of the molecule is Cc1ccc(NC(=S)N=c2sc3ccccc3n2C)cc1Cl. The number of rotatable bonds is 1. The van der Waals surface area contributed by atoms with E-state index >= 15 is 0 Å². The van der Waals surface area contributed by atoms with E-state index in [0.29, 0.717) is 10.1 Å². The van der Waals surface area contributed by atoms with Gasteiger partial charge in [0, 0.05) is 17.8 Å². The summed E-state index contributed by atoms with van der Waals surface area (Å²) < 4.78 is 3.22. The summed E-state index contributed by atoms with van der Waals surface area (Å²) in [4.78, 5) is 5.36. The molecule has 112 valence electrons. The molecule has 6 heteroatoms. The van der Waals surface area contributed by atoms with E-state index in [2.05, 4.69) is 22.4 Å². The Hall–Kier alpha value is -1.69. The highest BCUT2D eigenvalue weighted by atomic mass is 35.5. The van der Waals surface area contributed by atoms with Crippen LogP contribution in [-0.4, -0.2) is 9.68 Å². The Labute approximate surface area is 142 Å². The first-order valence-electron chi connectivity index (χ1n) is 6.71. The van der Waals surface area contributed by atoms with Crippen LogP contribution in [-0.2, 0) is 7.05 Å². The first-order chi connectivity index (χ1) is 10.5. The number of thiazole rings is 1. The Kier molecular flexibility index (Phi) is 4.29. The molecule has 0 fully saturated rings. The van der Waals surface area contributed by atoms with Crippen molar-refractivity contribution in [1.82, 2.24) is 4.57 Å². The van der Waals surface area contributed by atoms with E-state index in [4.69, 9.17) is 23.8 Å². The summed E-state index contributed by atoms with van der Waals surface area (Å²) >= 11 is 13.1. The maximum absolute atomic E-state index is 6.12. The van der Waals surface area contributed by atoms with Gasteiger partial charge in [-0.15, -0.1) is 0 Å². The fourth-order valence-electron chi connectivity index (χ4n) is 2.10. The number of nitrogens with one attached hydrogen (secondary N) is 1. The quantitative estimate of drug-likeness (QED) is 0.657. The van der Waals surface area contributed by atoms with Crippen molar-refractivity contribution in [3.63, 3.8) is 0 Å². The van der Waals surface area contributed by atoms with Crippen molar-refractivity contribution in [3.05, 3.63) is 57.9 Å². The van der Waals surface area contributed by atoms with Crippen molar-refractivity contribution >= 4 is 56.2 Å². The van der Waals surface area contributed by atoms with Crippen LogP contribution in [0.4, 0.5) is 5.69 Å². The average Bonchev–Trinajstić information content (AvgIpc) is 2.80. The summed E-state index contributed by atoms with van der Waals surface area (Å²) in [6.45, 7) is 1.96. The zero-order valence-corrected chi connectivity index (χ0v) is 14.5. The van der Waals surface area contributed by atoms with E-state index < -0.39 is 0 Å². The minimum absolute atomic E-state index is 0.419. The van der Waals surface area contributed by atoms with Crippen molar-refractivity contribution in [2.45, 2.75) is 6.92 Å². The molecule has 2 aromatic carbocycles. The molecule has 0 aliphatic carbocycles. The van der Waals surface area contributed by atoms with Crippen LogP contribution in [0.25, 0.3) is 10.2 Å². The first kappa shape index (κ1) is 15.2. The lowest BCUT2D eigenvalue weighted by Gasteiger charge is -2.05. The molecule has 3 aromatic rings. The van der Waals surface area contributed by atoms with Gasteiger partial charge >= 0.3 is 0 Å². The van der Waals surface area contributed by atoms with E-state index in [-0.39, 0.29) is 0 Å². The zero-order chi connectivity index (χ0) is 15.7. The maximum Gasteiger partial charge on any atom is 0.199 e. The summed E-state index contributed by atoms with van der Waals surface area (Å²) in [7, 11) is 1.99. The normalized spacial score (nSPS) is 11.9. The second-order valence-electron chi connectivity index (χ2n) is 4.92. The average molecular weight is 348 g/mol. The molecule has 0 saturated heterocycles. The molecule has 3 nitrogen and oxygen atoms in total. The second kappa shape index (κ2) is 6.20. The summed E-state index contributed by atoms with van der Waals surface area (Å²) in [5.74, 6) is 0. The Bertz CT molecular complexity index is 925. The van der Waals surface area contributed by atoms with Gasteiger partial charge in [0.1, 0.15) is 0 Å². The Morgan fingerprint density at radius 1 is 1.27 bits per heavy atom. The van der Waals surface area contributed by atoms with Crippen molar-refractivity contribution in [1.29, 1.82) is 0 Å². The van der Waals surface area contributed by atoms with Crippen LogP contribution < -0.4 is 10.1 Å². The molecule has 0 amide bonds. The number of thiocarbonyl (C=S) groups is 1. The number of hydrogen-bond acceptors (Lipinski definition) is 2. The van der Waals surface area contributed by atoms with Crippen molar-refractivity contribution in [2.75, 3.05) is 5.32 Å². The minimum atomic E-state index is 0.419. The topological polar surface area (TPSA) is 29.3 Å². The molecule has 0 radical (unpaired) electrons. The highest BCUT2D eigenvalue weighted by Gasteiger charge is 2.03. The lowest BCUT2D eigenvalue weighted by molar-refractivity contribution is 0.917. The molecule has 0 atom stereocenters. The van der Waals surface area contributed by atoms with Gasteiger partial charge in [0.05, 0.1) is 10.2 Å². The largest absolute Gasteiger partial charge is 0.331 e. The molecule has 0 spiro atoms. The minimum Gasteiger partial charge on any atom is -0.331 e. The number of fused-ring (bicyclic) bond motifs is 1. The van der Waals surface area contributed by atoms with Gasteiger partial charge in [0.25, 0.3) is 0 Å². The molecule has 3 rings (SSSR count). The van der Waals surface area contributed by atoms with Crippen LogP contribution in [0, 0.1) is 6.92 Å². The molecule has 1 N–H and O–H groups in total. The highest BCUT2D eigenvalue weighted by Crippen LogP contribution is 2.20. The number of anilines is 1. The fraction of sp³-hybridized carbons (Fsp3) is 0.125. The van der Waals surface area contributed by atoms with Crippen LogP contribution in [0.2, 0.25) is 5.02 Å². The number of nitrogens with zero attached hydrogens (tertiary/aromatic N) is 2. The van der Waals surface area contributed by atoms with E-state index in [0.717, 1.165) is 21.6 Å². The van der Waals surface area contributed by atoms with Crippen molar-refractivity contribution < 1.29 is 0 Å². The van der Waals surface area contributed by atoms with Crippen LogP contribution in [0.5, 0.6) is 0 Å². The smallest absolute Gasteiger partial charge is 0.199 e. The fourth-order valence-corrected chi connectivity index (χ4v) is 3.56. The van der Waals surface area contributed by atoms with Gasteiger partial charge in [-0.2, -0.15) is 4.99 Å². The summed E-state index contributed by atoms with van der Waals surface area (Å²) in [6, 6.07) is 13.9. The highest BCUT2D eigenvalue weighted by molar-refractivity contribution is 7.80. The molecule has 0 aliphatic heterocycles. The number of hydrogen-bond donors (Lipinski definition) is 1. The van der Waals surface area contributed by atoms with E-state index in [1.807, 2.05) is 48.9 Å². The lowest BCUT2D eigenvalue weighted by Crippen LogP contribution is -2.16. The maximum atomic E-state index is 6.12. The van der Waals surface area contributed by atoms with Crippen LogP contribution >= 0.6 is 35.2 Å². The Morgan fingerprint density at radius 2 is 2.05 bits per heavy atom. The predicted octanol–water partition coefficient (Wildman–Crippen LogP) is 4.50. The summed E-state index contributed by atoms with van der Waals surface area (Å²) in [5.41, 5.74) is 3.02. The van der Waals surface area contributed by atoms with Gasteiger partial charge in [-0.05, 0) is 49.0 Å². The Morgan fingerprint density at radius 3 is 2.77 bits per heavy atom. The number of halogens is 1. The molecule has 22 heavy (non-hydrogen) atoms. The predicted molar refractivity (Wildman–Crippen MR) is 98.8 cm³/mol. The third kappa shape index (κ3) is 3.06. The number of para-hydroxylation sites is 1. The van der Waals surface area contributed by atoms with E-state index in [1.54, 1.807) is 11.3 Å². The van der Waals surface area contributed by atoms with Gasteiger partial charge < -0.3 is 9.88 Å². The van der Waals surface area contributed by atoms with Gasteiger partial charge in [-0.3, -0.25) is 0 Å². The molecule has 1 heterocycles. The molecular weight excluding hydrogens is 334 g/mol. The van der Waals surface area contributed by atoms with Gasteiger partial charge in [0.15, 0.2) is 9.91 Å². The monoisotopic (exact) mass is 347 g/mol. The standard InChI is InChI=1S/C16H14ClN3S2/c1-10-7-8-11(9-12(10)17)18-15(21)19-16-20(2)13-5-3-4-6-14(13)22-16/h3-9H,1-2H3,(H,18,21). The van der Waals surface area contributed by atoms with E-state index in [1.165, 1.54) is 4.70 Å². The first-order valence-corrected chi connectivity index (χ1v) is 8.31. The zero-order valence-electron chi connectivity index (χ0n) is 12.1.